The smallest absolute Gasteiger partial charge is 0.0985 e. The zero-order valence-corrected chi connectivity index (χ0v) is 11.4. The number of nitrogens with one attached hydrogen (secondary N) is 1. The van der Waals surface area contributed by atoms with Crippen molar-refractivity contribution < 1.29 is 0 Å². The lowest BCUT2D eigenvalue weighted by molar-refractivity contribution is 1.12. The van der Waals surface area contributed by atoms with Crippen molar-refractivity contribution in [1.82, 2.24) is 5.32 Å². The summed E-state index contributed by atoms with van der Waals surface area (Å²) in [5.41, 5.74) is 3.60. The van der Waals surface area contributed by atoms with Gasteiger partial charge in [-0.25, -0.2) is 0 Å². The van der Waals surface area contributed by atoms with E-state index in [1.54, 1.807) is 0 Å². The Labute approximate surface area is 113 Å². The Morgan fingerprint density at radius 3 is 2.83 bits per heavy atom. The molecule has 1 heterocycles. The summed E-state index contributed by atoms with van der Waals surface area (Å²) in [6.45, 7) is 0. The van der Waals surface area contributed by atoms with E-state index in [1.165, 1.54) is 11.3 Å². The Morgan fingerprint density at radius 2 is 2.06 bits per heavy atom. The number of allylic oxidation sites excluding steroid dienone is 3. The number of anilines is 1. The van der Waals surface area contributed by atoms with Gasteiger partial charge in [0.25, 0.3) is 0 Å². The van der Waals surface area contributed by atoms with Gasteiger partial charge in [0.2, 0.25) is 0 Å². The number of para-hydroxylation sites is 1. The van der Waals surface area contributed by atoms with Crippen LogP contribution in [0.15, 0.2) is 54.3 Å². The highest BCUT2D eigenvalue weighted by Crippen LogP contribution is 2.28. The lowest BCUT2D eigenvalue weighted by atomic mass is 10.1. The van der Waals surface area contributed by atoms with Crippen LogP contribution in [0.4, 0.5) is 5.69 Å². The van der Waals surface area contributed by atoms with Gasteiger partial charge in [-0.1, -0.05) is 42.6 Å². The van der Waals surface area contributed by atoms with Crippen LogP contribution in [-0.2, 0) is 0 Å². The maximum atomic E-state index is 5.06. The molecule has 0 aromatic heterocycles. The Balaban J connectivity index is 2.22. The van der Waals surface area contributed by atoms with Crippen molar-refractivity contribution in [3.63, 3.8) is 0 Å². The van der Waals surface area contributed by atoms with Gasteiger partial charge in [-0.15, -0.1) is 0 Å². The van der Waals surface area contributed by atoms with E-state index in [4.69, 9.17) is 12.2 Å². The normalized spacial score (nSPS) is 16.1. The van der Waals surface area contributed by atoms with Crippen molar-refractivity contribution >= 4 is 29.0 Å². The van der Waals surface area contributed by atoms with Crippen LogP contribution in [-0.4, -0.2) is 19.1 Å². The summed E-state index contributed by atoms with van der Waals surface area (Å²) in [6, 6.07) is 8.34. The minimum atomic E-state index is 0.731. The second-order valence-electron chi connectivity index (χ2n) is 4.02. The zero-order chi connectivity index (χ0) is 13.0. The van der Waals surface area contributed by atoms with Gasteiger partial charge >= 0.3 is 0 Å². The van der Waals surface area contributed by atoms with Crippen molar-refractivity contribution in [2.75, 3.05) is 19.0 Å². The molecule has 92 valence electrons. The molecule has 0 spiro atoms. The predicted molar refractivity (Wildman–Crippen MR) is 82.8 cm³/mol. The largest absolute Gasteiger partial charge is 0.379 e. The standard InChI is InChI=1S/C15H16N2S/c1-16-15(18)9-5-7-13-11-10-12-6-3-4-8-14(12)17(13)2/h3-11H,1-2H3,(H,16,18). The predicted octanol–water partition coefficient (Wildman–Crippen LogP) is 3.14. The van der Waals surface area contributed by atoms with E-state index in [2.05, 4.69) is 59.8 Å². The highest BCUT2D eigenvalue weighted by molar-refractivity contribution is 7.80. The lowest BCUT2D eigenvalue weighted by Gasteiger charge is -2.26. The molecule has 1 aliphatic rings. The zero-order valence-electron chi connectivity index (χ0n) is 10.6. The molecule has 0 unspecified atom stereocenters. The molecule has 1 aliphatic heterocycles. The summed E-state index contributed by atoms with van der Waals surface area (Å²) in [7, 11) is 3.89. The number of likely N-dealkylation sites (N-methyl/N-ethyl adjacent to an activating group) is 2. The first-order valence-electron chi connectivity index (χ1n) is 5.83. The van der Waals surface area contributed by atoms with Crippen LogP contribution in [0.25, 0.3) is 6.08 Å². The molecule has 0 radical (unpaired) electrons. The third kappa shape index (κ3) is 2.68. The third-order valence-electron chi connectivity index (χ3n) is 2.88. The molecule has 3 heteroatoms. The summed E-state index contributed by atoms with van der Waals surface area (Å²) in [6.07, 6.45) is 10.1. The molecule has 2 nitrogen and oxygen atoms in total. The number of hydrogen-bond acceptors (Lipinski definition) is 2. The second-order valence-corrected chi connectivity index (χ2v) is 4.46. The van der Waals surface area contributed by atoms with Gasteiger partial charge in [-0.05, 0) is 29.9 Å². The molecule has 0 aliphatic carbocycles. The fraction of sp³-hybridized carbons (Fsp3) is 0.133. The second kappa shape index (κ2) is 5.65. The van der Waals surface area contributed by atoms with Crippen LogP contribution < -0.4 is 10.2 Å². The Hall–Kier alpha value is -1.87. The minimum absolute atomic E-state index is 0.731. The molecule has 0 fully saturated rings. The molecule has 1 aromatic rings. The van der Waals surface area contributed by atoms with Gasteiger partial charge in [-0.3, -0.25) is 0 Å². The molecule has 0 amide bonds. The first-order chi connectivity index (χ1) is 8.72. The molecular weight excluding hydrogens is 240 g/mol. The van der Waals surface area contributed by atoms with Crippen LogP contribution >= 0.6 is 12.2 Å². The Morgan fingerprint density at radius 1 is 1.28 bits per heavy atom. The average Bonchev–Trinajstić information content (AvgIpc) is 2.41. The Kier molecular flexibility index (Phi) is 3.95. The summed E-state index contributed by atoms with van der Waals surface area (Å²) in [5, 5.41) is 2.91. The topological polar surface area (TPSA) is 15.3 Å². The van der Waals surface area contributed by atoms with E-state index < -0.39 is 0 Å². The summed E-state index contributed by atoms with van der Waals surface area (Å²) in [4.78, 5) is 2.90. The van der Waals surface area contributed by atoms with E-state index in [9.17, 15) is 0 Å². The minimum Gasteiger partial charge on any atom is -0.379 e. The van der Waals surface area contributed by atoms with Crippen LogP contribution in [0.5, 0.6) is 0 Å². The van der Waals surface area contributed by atoms with Crippen molar-refractivity contribution in [3.8, 4) is 0 Å². The monoisotopic (exact) mass is 256 g/mol. The highest BCUT2D eigenvalue weighted by atomic mass is 32.1. The van der Waals surface area contributed by atoms with Crippen molar-refractivity contribution in [2.24, 2.45) is 0 Å². The fourth-order valence-corrected chi connectivity index (χ4v) is 1.92. The molecule has 18 heavy (non-hydrogen) atoms. The number of hydrogen-bond donors (Lipinski definition) is 1. The highest BCUT2D eigenvalue weighted by Gasteiger charge is 2.11. The number of benzene rings is 1. The Bertz CT molecular complexity index is 541. The van der Waals surface area contributed by atoms with Gasteiger partial charge in [0, 0.05) is 25.5 Å². The molecule has 0 atom stereocenters. The van der Waals surface area contributed by atoms with E-state index in [-0.39, 0.29) is 0 Å². The lowest BCUT2D eigenvalue weighted by Crippen LogP contribution is -2.18. The molecule has 0 bridgehead atoms. The van der Waals surface area contributed by atoms with E-state index in [0.717, 1.165) is 10.7 Å². The first-order valence-corrected chi connectivity index (χ1v) is 6.24. The average molecular weight is 256 g/mol. The first kappa shape index (κ1) is 12.6. The van der Waals surface area contributed by atoms with Crippen molar-refractivity contribution in [1.29, 1.82) is 0 Å². The third-order valence-corrected chi connectivity index (χ3v) is 3.22. The van der Waals surface area contributed by atoms with E-state index in [1.807, 2.05) is 19.2 Å². The van der Waals surface area contributed by atoms with Crippen LogP contribution in [0.2, 0.25) is 0 Å². The molecular formula is C15H16N2S. The summed E-state index contributed by atoms with van der Waals surface area (Å²) < 4.78 is 0. The van der Waals surface area contributed by atoms with Crippen LogP contribution in [0.3, 0.4) is 0 Å². The number of fused-ring (bicyclic) bond motifs is 1. The summed E-state index contributed by atoms with van der Waals surface area (Å²) in [5.74, 6) is 0. The van der Waals surface area contributed by atoms with Crippen LogP contribution in [0, 0.1) is 0 Å². The molecule has 0 saturated heterocycles. The van der Waals surface area contributed by atoms with E-state index in [0.29, 0.717) is 0 Å². The van der Waals surface area contributed by atoms with Gasteiger partial charge in [0.1, 0.15) is 0 Å². The van der Waals surface area contributed by atoms with Gasteiger partial charge in [0.15, 0.2) is 0 Å². The van der Waals surface area contributed by atoms with Gasteiger partial charge in [0.05, 0.1) is 4.99 Å². The van der Waals surface area contributed by atoms with Crippen molar-refractivity contribution in [2.45, 2.75) is 0 Å². The van der Waals surface area contributed by atoms with Gasteiger partial charge < -0.3 is 10.2 Å². The van der Waals surface area contributed by atoms with Crippen molar-refractivity contribution in [3.05, 3.63) is 59.8 Å². The maximum absolute atomic E-state index is 5.06. The quantitative estimate of drug-likeness (QED) is 0.646. The number of nitrogens with zero attached hydrogens (tertiary/aromatic N) is 1. The SMILES string of the molecule is CNC(=S)C=CC=C1C=Cc2ccccc2N1C. The molecule has 1 aromatic carbocycles. The van der Waals surface area contributed by atoms with Crippen LogP contribution in [0.1, 0.15) is 5.56 Å². The fourth-order valence-electron chi connectivity index (χ4n) is 1.84. The number of rotatable bonds is 2. The maximum Gasteiger partial charge on any atom is 0.0985 e. The molecule has 0 saturated carbocycles. The molecule has 2 rings (SSSR count). The summed E-state index contributed by atoms with van der Waals surface area (Å²) >= 11 is 5.06. The van der Waals surface area contributed by atoms with E-state index >= 15 is 0 Å². The van der Waals surface area contributed by atoms with Gasteiger partial charge in [-0.2, -0.15) is 0 Å². The number of thiocarbonyl (C=S) groups is 1. The molecule has 1 N–H and O–H groups in total.